The summed E-state index contributed by atoms with van der Waals surface area (Å²) >= 11 is 0. The Labute approximate surface area is 175 Å². The van der Waals surface area contributed by atoms with Crippen molar-refractivity contribution in [2.75, 3.05) is 41.8 Å². The van der Waals surface area contributed by atoms with Crippen LogP contribution in [0.3, 0.4) is 0 Å². The van der Waals surface area contributed by atoms with Gasteiger partial charge >= 0.3 is 0 Å². The molecule has 0 spiro atoms. The maximum Gasteiger partial charge on any atom is 0.231 e. The molecule has 0 saturated carbocycles. The Hall–Kier alpha value is -2.93. The van der Waals surface area contributed by atoms with Gasteiger partial charge in [-0.3, -0.25) is 0 Å². The van der Waals surface area contributed by atoms with Crippen molar-refractivity contribution < 1.29 is 33.2 Å². The number of carbonyl (C=O) groups is 1. The van der Waals surface area contributed by atoms with Gasteiger partial charge in [-0.25, -0.2) is 0 Å². The highest BCUT2D eigenvalue weighted by Crippen LogP contribution is 2.50. The first-order valence-corrected chi connectivity index (χ1v) is 9.81. The van der Waals surface area contributed by atoms with Crippen molar-refractivity contribution in [3.8, 4) is 28.7 Å². The molecule has 0 saturated heterocycles. The van der Waals surface area contributed by atoms with E-state index in [9.17, 15) is 4.79 Å². The molecule has 1 heterocycles. The largest absolute Gasteiger partial charge is 0.493 e. The maximum atomic E-state index is 12.3. The Morgan fingerprint density at radius 1 is 0.967 bits per heavy atom. The van der Waals surface area contributed by atoms with E-state index in [4.69, 9.17) is 28.4 Å². The third-order valence-corrected chi connectivity index (χ3v) is 5.96. The van der Waals surface area contributed by atoms with Crippen molar-refractivity contribution in [3.05, 3.63) is 41.0 Å². The molecule has 0 amide bonds. The summed E-state index contributed by atoms with van der Waals surface area (Å²) in [7, 11) is 6.39. The van der Waals surface area contributed by atoms with Gasteiger partial charge in [0.25, 0.3) is 0 Å². The zero-order chi connectivity index (χ0) is 21.3. The number of hydrogen-bond donors (Lipinski definition) is 0. The van der Waals surface area contributed by atoms with E-state index in [1.54, 1.807) is 28.4 Å². The Morgan fingerprint density at radius 3 is 2.20 bits per heavy atom. The SMILES string of the molecule is COCC1Cc2cc3c(cc2C(c2cc(OC)c(OC)c(OC)c2)C1C=O)OCO3. The molecule has 7 nitrogen and oxygen atoms in total. The zero-order valence-corrected chi connectivity index (χ0v) is 17.6. The van der Waals surface area contributed by atoms with Gasteiger partial charge < -0.3 is 33.2 Å². The zero-order valence-electron chi connectivity index (χ0n) is 17.6. The van der Waals surface area contributed by atoms with E-state index in [0.29, 0.717) is 29.6 Å². The summed E-state index contributed by atoms with van der Waals surface area (Å²) in [5.41, 5.74) is 3.07. The number of hydrogen-bond acceptors (Lipinski definition) is 7. The van der Waals surface area contributed by atoms with Gasteiger partial charge in [0, 0.05) is 18.9 Å². The lowest BCUT2D eigenvalue weighted by atomic mass is 9.67. The van der Waals surface area contributed by atoms with Crippen molar-refractivity contribution >= 4 is 6.29 Å². The molecule has 0 bridgehead atoms. The molecule has 1 aliphatic heterocycles. The second-order valence-corrected chi connectivity index (χ2v) is 7.47. The molecule has 0 N–H and O–H groups in total. The highest BCUT2D eigenvalue weighted by Gasteiger charge is 2.39. The number of benzene rings is 2. The molecule has 1 aliphatic carbocycles. The number of carbonyl (C=O) groups excluding carboxylic acids is 1. The van der Waals surface area contributed by atoms with Crippen LogP contribution in [0.5, 0.6) is 28.7 Å². The van der Waals surface area contributed by atoms with Crippen LogP contribution in [0.15, 0.2) is 24.3 Å². The Bertz CT molecular complexity index is 914. The van der Waals surface area contributed by atoms with Gasteiger partial charge in [0.1, 0.15) is 6.29 Å². The van der Waals surface area contributed by atoms with Gasteiger partial charge in [0.2, 0.25) is 12.5 Å². The molecule has 0 radical (unpaired) electrons. The average Bonchev–Trinajstić information content (AvgIpc) is 3.23. The average molecular weight is 414 g/mol. The van der Waals surface area contributed by atoms with Crippen molar-refractivity contribution in [2.24, 2.45) is 11.8 Å². The first-order chi connectivity index (χ1) is 14.6. The summed E-state index contributed by atoms with van der Waals surface area (Å²) < 4.78 is 33.2. The van der Waals surface area contributed by atoms with E-state index in [-0.39, 0.29) is 24.5 Å². The van der Waals surface area contributed by atoms with Crippen molar-refractivity contribution in [3.63, 3.8) is 0 Å². The summed E-state index contributed by atoms with van der Waals surface area (Å²) in [6.45, 7) is 0.684. The molecule has 4 rings (SSSR count). The highest BCUT2D eigenvalue weighted by molar-refractivity contribution is 5.65. The Balaban J connectivity index is 1.91. The second-order valence-electron chi connectivity index (χ2n) is 7.47. The lowest BCUT2D eigenvalue weighted by Crippen LogP contribution is -2.34. The predicted octanol–water partition coefficient (Wildman–Crippen LogP) is 3.21. The summed E-state index contributed by atoms with van der Waals surface area (Å²) in [5.74, 6) is 2.58. The van der Waals surface area contributed by atoms with Gasteiger partial charge in [0.15, 0.2) is 23.0 Å². The van der Waals surface area contributed by atoms with Crippen molar-refractivity contribution in [1.29, 1.82) is 0 Å². The molecule has 2 aliphatic rings. The summed E-state index contributed by atoms with van der Waals surface area (Å²) in [4.78, 5) is 12.3. The van der Waals surface area contributed by atoms with Crippen LogP contribution in [0.4, 0.5) is 0 Å². The molecule has 2 aromatic carbocycles. The number of fused-ring (bicyclic) bond motifs is 2. The molecule has 30 heavy (non-hydrogen) atoms. The molecule has 0 fully saturated rings. The number of methoxy groups -OCH3 is 4. The van der Waals surface area contributed by atoms with Crippen LogP contribution in [0.1, 0.15) is 22.6 Å². The topological polar surface area (TPSA) is 72.5 Å². The molecule has 2 aromatic rings. The molecular formula is C23H26O7. The fourth-order valence-corrected chi connectivity index (χ4v) is 4.62. The number of rotatable bonds is 7. The van der Waals surface area contributed by atoms with E-state index >= 15 is 0 Å². The molecule has 3 atom stereocenters. The van der Waals surface area contributed by atoms with Crippen LogP contribution < -0.4 is 23.7 Å². The normalized spacial score (nSPS) is 21.7. The van der Waals surface area contributed by atoms with Gasteiger partial charge in [-0.1, -0.05) is 0 Å². The van der Waals surface area contributed by atoms with E-state index < -0.39 is 0 Å². The minimum atomic E-state index is -0.277. The smallest absolute Gasteiger partial charge is 0.231 e. The van der Waals surface area contributed by atoms with E-state index in [1.807, 2.05) is 24.3 Å². The molecule has 7 heteroatoms. The molecular weight excluding hydrogens is 388 g/mol. The van der Waals surface area contributed by atoms with Gasteiger partial charge in [-0.15, -0.1) is 0 Å². The van der Waals surface area contributed by atoms with Crippen LogP contribution in [0.2, 0.25) is 0 Å². The van der Waals surface area contributed by atoms with Crippen LogP contribution in [-0.4, -0.2) is 48.1 Å². The second kappa shape index (κ2) is 8.44. The van der Waals surface area contributed by atoms with Crippen LogP contribution >= 0.6 is 0 Å². The monoisotopic (exact) mass is 414 g/mol. The van der Waals surface area contributed by atoms with E-state index in [1.165, 1.54) is 0 Å². The van der Waals surface area contributed by atoms with Crippen molar-refractivity contribution in [1.82, 2.24) is 0 Å². The fraction of sp³-hybridized carbons (Fsp3) is 0.435. The van der Waals surface area contributed by atoms with Gasteiger partial charge in [0.05, 0.1) is 27.9 Å². The van der Waals surface area contributed by atoms with E-state index in [0.717, 1.165) is 35.1 Å². The van der Waals surface area contributed by atoms with Crippen LogP contribution in [0.25, 0.3) is 0 Å². The standard InChI is InChI=1S/C23H26O7/c1-25-11-15-5-13-6-18-19(30-12-29-18)9-16(13)22(17(15)10-24)14-7-20(26-2)23(28-4)21(8-14)27-3/h6-10,15,17,22H,5,11-12H2,1-4H3. The minimum absolute atomic E-state index is 0.0319. The summed E-state index contributed by atoms with van der Waals surface area (Å²) in [5, 5.41) is 0. The molecule has 160 valence electrons. The van der Waals surface area contributed by atoms with Gasteiger partial charge in [-0.2, -0.15) is 0 Å². The molecule has 3 unspecified atom stereocenters. The Morgan fingerprint density at radius 2 is 1.63 bits per heavy atom. The lowest BCUT2D eigenvalue weighted by Gasteiger charge is -2.37. The van der Waals surface area contributed by atoms with Crippen LogP contribution in [0, 0.1) is 11.8 Å². The van der Waals surface area contributed by atoms with E-state index in [2.05, 4.69) is 0 Å². The Kier molecular flexibility index (Phi) is 5.72. The minimum Gasteiger partial charge on any atom is -0.493 e. The predicted molar refractivity (Wildman–Crippen MR) is 109 cm³/mol. The summed E-state index contributed by atoms with van der Waals surface area (Å²) in [6.07, 6.45) is 1.76. The first kappa shape index (κ1) is 20.3. The third-order valence-electron chi connectivity index (χ3n) is 5.96. The van der Waals surface area contributed by atoms with Crippen molar-refractivity contribution in [2.45, 2.75) is 12.3 Å². The lowest BCUT2D eigenvalue weighted by molar-refractivity contribution is -0.114. The summed E-state index contributed by atoms with van der Waals surface area (Å²) in [6, 6.07) is 7.83. The third kappa shape index (κ3) is 3.33. The van der Waals surface area contributed by atoms with Gasteiger partial charge in [-0.05, 0) is 53.3 Å². The molecule has 0 aromatic heterocycles. The maximum absolute atomic E-state index is 12.3. The quantitative estimate of drug-likeness (QED) is 0.644. The number of aldehydes is 1. The highest BCUT2D eigenvalue weighted by atomic mass is 16.7. The first-order valence-electron chi connectivity index (χ1n) is 9.81. The fourth-order valence-electron chi connectivity index (χ4n) is 4.62. The van der Waals surface area contributed by atoms with Crippen LogP contribution in [-0.2, 0) is 16.0 Å². The number of ether oxygens (including phenoxy) is 6.